The number of hydrogen-bond acceptors (Lipinski definition) is 8. The molecular weight excluding hydrogens is 458 g/mol. The minimum Gasteiger partial charge on any atom is -0.493 e. The molecule has 1 aromatic carbocycles. The minimum atomic E-state index is -0.207. The van der Waals surface area contributed by atoms with Gasteiger partial charge in [-0.3, -0.25) is 4.79 Å². The second-order valence-electron chi connectivity index (χ2n) is 8.62. The van der Waals surface area contributed by atoms with Crippen LogP contribution in [0.1, 0.15) is 43.0 Å². The summed E-state index contributed by atoms with van der Waals surface area (Å²) in [5, 5.41) is 0.500. The summed E-state index contributed by atoms with van der Waals surface area (Å²) in [6, 6.07) is 5.26. The second kappa shape index (κ2) is 11.1. The molecule has 2 fully saturated rings. The number of carbonyl (C=O) groups is 1. The molecule has 9 nitrogen and oxygen atoms in total. The van der Waals surface area contributed by atoms with E-state index in [4.69, 9.17) is 31.5 Å². The number of benzene rings is 1. The quantitative estimate of drug-likeness (QED) is 0.658. The molecule has 10 heteroatoms. The van der Waals surface area contributed by atoms with Crippen LogP contribution in [-0.4, -0.2) is 67.3 Å². The van der Waals surface area contributed by atoms with Crippen molar-refractivity contribution >= 4 is 29.3 Å². The zero-order chi connectivity index (χ0) is 24.1. The summed E-state index contributed by atoms with van der Waals surface area (Å²) in [7, 11) is 1.57. The Bertz CT molecular complexity index is 995. The number of aromatic nitrogens is 2. The number of aryl methyl sites for hydroxylation is 1. The molecule has 2 aliphatic heterocycles. The number of carbonyl (C=O) groups excluding carboxylic acids is 1. The Labute approximate surface area is 205 Å². The number of likely N-dealkylation sites (tertiary alicyclic amines) is 1. The van der Waals surface area contributed by atoms with Crippen molar-refractivity contribution in [1.82, 2.24) is 14.9 Å². The van der Waals surface area contributed by atoms with Crippen molar-refractivity contribution in [3.05, 3.63) is 34.5 Å². The molecule has 3 heterocycles. The van der Waals surface area contributed by atoms with Crippen LogP contribution in [0.3, 0.4) is 0 Å². The van der Waals surface area contributed by atoms with E-state index in [1.54, 1.807) is 13.2 Å². The fourth-order valence-corrected chi connectivity index (χ4v) is 4.76. The molecule has 34 heavy (non-hydrogen) atoms. The van der Waals surface area contributed by atoms with Crippen LogP contribution in [0.5, 0.6) is 11.5 Å². The lowest BCUT2D eigenvalue weighted by Gasteiger charge is -2.32. The van der Waals surface area contributed by atoms with Gasteiger partial charge in [0.05, 0.1) is 19.8 Å². The standard InChI is InChI=1S/C24H32ClN5O4/c1-16-11-22(28-24(26)27-16)30-9-6-10-33-14-19(30)17-12-20(32-2)21(13-18(17)25)34-15-23(31)29-7-4-3-5-8-29/h11-13,19H,3-10,14-15H2,1-2H3,(H2,26,27,28). The topological polar surface area (TPSA) is 103 Å². The van der Waals surface area contributed by atoms with E-state index in [-0.39, 0.29) is 24.5 Å². The number of nitrogens with two attached hydrogens (primary N) is 1. The maximum atomic E-state index is 12.5. The van der Waals surface area contributed by atoms with Gasteiger partial charge in [0, 0.05) is 49.1 Å². The Morgan fingerprint density at radius 2 is 1.94 bits per heavy atom. The number of piperidine rings is 1. The average molecular weight is 490 g/mol. The number of nitrogen functional groups attached to an aromatic ring is 1. The van der Waals surface area contributed by atoms with Crippen LogP contribution in [0.15, 0.2) is 18.2 Å². The van der Waals surface area contributed by atoms with Gasteiger partial charge in [-0.15, -0.1) is 0 Å². The van der Waals surface area contributed by atoms with Gasteiger partial charge >= 0.3 is 0 Å². The fourth-order valence-electron chi connectivity index (χ4n) is 4.48. The Hall–Kier alpha value is -2.78. The van der Waals surface area contributed by atoms with Gasteiger partial charge in [-0.2, -0.15) is 4.98 Å². The molecule has 184 valence electrons. The first-order valence-corrected chi connectivity index (χ1v) is 12.1. The molecule has 2 aromatic rings. The monoisotopic (exact) mass is 489 g/mol. The number of rotatable bonds is 6. The number of halogens is 1. The van der Waals surface area contributed by atoms with Crippen LogP contribution < -0.4 is 20.1 Å². The van der Waals surface area contributed by atoms with E-state index in [1.807, 2.05) is 24.0 Å². The molecule has 2 N–H and O–H groups in total. The smallest absolute Gasteiger partial charge is 0.260 e. The van der Waals surface area contributed by atoms with Crippen molar-refractivity contribution in [3.63, 3.8) is 0 Å². The maximum Gasteiger partial charge on any atom is 0.260 e. The molecule has 0 bridgehead atoms. The van der Waals surface area contributed by atoms with Gasteiger partial charge in [-0.25, -0.2) is 4.98 Å². The molecule has 2 aliphatic rings. The molecule has 0 saturated carbocycles. The zero-order valence-electron chi connectivity index (χ0n) is 19.8. The predicted octanol–water partition coefficient (Wildman–Crippen LogP) is 3.39. The molecular formula is C24H32ClN5O4. The Morgan fingerprint density at radius 1 is 1.15 bits per heavy atom. The van der Waals surface area contributed by atoms with E-state index < -0.39 is 0 Å². The predicted molar refractivity (Wildman–Crippen MR) is 131 cm³/mol. The first kappa shape index (κ1) is 24.3. The van der Waals surface area contributed by atoms with E-state index in [2.05, 4.69) is 14.9 Å². The lowest BCUT2D eigenvalue weighted by molar-refractivity contribution is -0.134. The Kier molecular flexibility index (Phi) is 7.95. The number of hydrogen-bond donors (Lipinski definition) is 1. The summed E-state index contributed by atoms with van der Waals surface area (Å²) in [5.74, 6) is 1.87. The number of amides is 1. The van der Waals surface area contributed by atoms with E-state index in [0.29, 0.717) is 29.7 Å². The third-order valence-corrected chi connectivity index (χ3v) is 6.52. The van der Waals surface area contributed by atoms with Gasteiger partial charge in [-0.05, 0) is 44.2 Å². The van der Waals surface area contributed by atoms with Crippen molar-refractivity contribution in [2.45, 2.75) is 38.6 Å². The third kappa shape index (κ3) is 5.64. The molecule has 2 saturated heterocycles. The van der Waals surface area contributed by atoms with Crippen LogP contribution in [0, 0.1) is 6.92 Å². The fraction of sp³-hybridized carbons (Fsp3) is 0.542. The number of methoxy groups -OCH3 is 1. The molecule has 0 spiro atoms. The first-order chi connectivity index (χ1) is 16.5. The van der Waals surface area contributed by atoms with Gasteiger partial charge in [0.25, 0.3) is 5.91 Å². The molecule has 1 unspecified atom stereocenters. The highest BCUT2D eigenvalue weighted by Gasteiger charge is 2.28. The molecule has 1 atom stereocenters. The Morgan fingerprint density at radius 3 is 2.68 bits per heavy atom. The van der Waals surface area contributed by atoms with E-state index in [9.17, 15) is 4.79 Å². The summed E-state index contributed by atoms with van der Waals surface area (Å²) in [5.41, 5.74) is 7.54. The normalized spacial score (nSPS) is 19.0. The van der Waals surface area contributed by atoms with Crippen LogP contribution in [0.25, 0.3) is 0 Å². The minimum absolute atomic E-state index is 0.0259. The lowest BCUT2D eigenvalue weighted by atomic mass is 10.0. The van der Waals surface area contributed by atoms with Crippen molar-refractivity contribution < 1.29 is 19.0 Å². The first-order valence-electron chi connectivity index (χ1n) is 11.7. The summed E-state index contributed by atoms with van der Waals surface area (Å²) in [6.45, 7) is 5.19. The van der Waals surface area contributed by atoms with Crippen LogP contribution >= 0.6 is 11.6 Å². The van der Waals surface area contributed by atoms with Gasteiger partial charge in [-0.1, -0.05) is 11.6 Å². The highest BCUT2D eigenvalue weighted by Crippen LogP contribution is 2.39. The van der Waals surface area contributed by atoms with E-state index >= 15 is 0 Å². The third-order valence-electron chi connectivity index (χ3n) is 6.19. The van der Waals surface area contributed by atoms with Gasteiger partial charge < -0.3 is 29.7 Å². The average Bonchev–Trinajstić information content (AvgIpc) is 3.08. The molecule has 1 aromatic heterocycles. The van der Waals surface area contributed by atoms with Crippen LogP contribution in [-0.2, 0) is 9.53 Å². The Balaban J connectivity index is 1.58. The molecule has 0 radical (unpaired) electrons. The summed E-state index contributed by atoms with van der Waals surface area (Å²) in [6.07, 6.45) is 4.08. The zero-order valence-corrected chi connectivity index (χ0v) is 20.5. The highest BCUT2D eigenvalue weighted by atomic mass is 35.5. The van der Waals surface area contributed by atoms with Gasteiger partial charge in [0.15, 0.2) is 18.1 Å². The van der Waals surface area contributed by atoms with E-state index in [1.165, 1.54) is 6.42 Å². The largest absolute Gasteiger partial charge is 0.493 e. The van der Waals surface area contributed by atoms with Gasteiger partial charge in [0.2, 0.25) is 5.95 Å². The summed E-state index contributed by atoms with van der Waals surface area (Å²) in [4.78, 5) is 25.2. The van der Waals surface area contributed by atoms with Crippen molar-refractivity contribution in [2.75, 3.05) is 57.2 Å². The van der Waals surface area contributed by atoms with E-state index in [0.717, 1.165) is 56.0 Å². The highest BCUT2D eigenvalue weighted by molar-refractivity contribution is 6.31. The van der Waals surface area contributed by atoms with Crippen molar-refractivity contribution in [2.24, 2.45) is 0 Å². The lowest BCUT2D eigenvalue weighted by Crippen LogP contribution is -2.38. The second-order valence-corrected chi connectivity index (χ2v) is 9.03. The number of ether oxygens (including phenoxy) is 3. The molecule has 0 aliphatic carbocycles. The SMILES string of the molecule is COc1cc(C2COCCCN2c2cc(C)nc(N)n2)c(Cl)cc1OCC(=O)N1CCCCC1. The summed E-state index contributed by atoms with van der Waals surface area (Å²) >= 11 is 6.75. The summed E-state index contributed by atoms with van der Waals surface area (Å²) < 4.78 is 17.3. The molecule has 4 rings (SSSR count). The maximum absolute atomic E-state index is 12.5. The van der Waals surface area contributed by atoms with Crippen molar-refractivity contribution in [3.8, 4) is 11.5 Å². The molecule has 1 amide bonds. The number of nitrogens with zero attached hydrogens (tertiary/aromatic N) is 4. The van der Waals surface area contributed by atoms with Crippen LogP contribution in [0.2, 0.25) is 5.02 Å². The van der Waals surface area contributed by atoms with Crippen molar-refractivity contribution in [1.29, 1.82) is 0 Å². The van der Waals surface area contributed by atoms with Crippen LogP contribution in [0.4, 0.5) is 11.8 Å². The number of anilines is 2. The van der Waals surface area contributed by atoms with Gasteiger partial charge in [0.1, 0.15) is 5.82 Å².